The monoisotopic (exact) mass is 238 g/mol. The molecule has 1 fully saturated rings. The summed E-state index contributed by atoms with van der Waals surface area (Å²) in [5.41, 5.74) is 1.24. The van der Waals surface area contributed by atoms with Gasteiger partial charge in [0, 0.05) is 5.02 Å². The van der Waals surface area contributed by atoms with Crippen LogP contribution in [0.1, 0.15) is 31.2 Å². The van der Waals surface area contributed by atoms with Gasteiger partial charge in [-0.05, 0) is 42.4 Å². The van der Waals surface area contributed by atoms with Crippen LogP contribution in [-0.4, -0.2) is 11.1 Å². The summed E-state index contributed by atoms with van der Waals surface area (Å²) in [6, 6.07) is 7.81. The molecular formula is C13H15ClO2. The minimum Gasteiger partial charge on any atom is -0.481 e. The summed E-state index contributed by atoms with van der Waals surface area (Å²) in [4.78, 5) is 10.7. The van der Waals surface area contributed by atoms with Crippen molar-refractivity contribution in [2.24, 2.45) is 11.8 Å². The van der Waals surface area contributed by atoms with Gasteiger partial charge in [-0.15, -0.1) is 0 Å². The fourth-order valence-corrected chi connectivity index (χ4v) is 2.32. The lowest BCUT2D eigenvalue weighted by atomic mass is 9.95. The smallest absolute Gasteiger partial charge is 0.306 e. The van der Waals surface area contributed by atoms with Crippen molar-refractivity contribution in [2.75, 3.05) is 0 Å². The van der Waals surface area contributed by atoms with Crippen molar-refractivity contribution < 1.29 is 9.90 Å². The predicted molar refractivity (Wildman–Crippen MR) is 63.7 cm³/mol. The van der Waals surface area contributed by atoms with Gasteiger partial charge in [-0.2, -0.15) is 0 Å². The standard InChI is InChI=1S/C13H15ClO2/c1-8(6-10-7-12(10)13(15)16)9-2-4-11(14)5-3-9/h2-5,8,10,12H,6-7H2,1H3,(H,15,16). The molecule has 0 aromatic heterocycles. The Hall–Kier alpha value is -1.02. The second-order valence-electron chi connectivity index (χ2n) is 4.63. The molecule has 1 aliphatic rings. The number of carboxylic acid groups (broad SMARTS) is 1. The fraction of sp³-hybridized carbons (Fsp3) is 0.462. The van der Waals surface area contributed by atoms with Crippen LogP contribution in [0.4, 0.5) is 0 Å². The maximum Gasteiger partial charge on any atom is 0.306 e. The zero-order chi connectivity index (χ0) is 11.7. The molecule has 2 rings (SSSR count). The van der Waals surface area contributed by atoms with Crippen molar-refractivity contribution in [3.8, 4) is 0 Å². The summed E-state index contributed by atoms with van der Waals surface area (Å²) in [6.07, 6.45) is 1.80. The highest BCUT2D eigenvalue weighted by atomic mass is 35.5. The molecule has 1 saturated carbocycles. The molecule has 3 heteroatoms. The van der Waals surface area contributed by atoms with E-state index in [-0.39, 0.29) is 5.92 Å². The molecule has 86 valence electrons. The van der Waals surface area contributed by atoms with E-state index in [0.29, 0.717) is 11.8 Å². The third-order valence-electron chi connectivity index (χ3n) is 3.34. The first-order valence-corrected chi connectivity index (χ1v) is 5.94. The van der Waals surface area contributed by atoms with Crippen molar-refractivity contribution in [3.05, 3.63) is 34.9 Å². The van der Waals surface area contributed by atoms with E-state index in [1.807, 2.05) is 24.3 Å². The van der Waals surface area contributed by atoms with Crippen LogP contribution >= 0.6 is 11.6 Å². The van der Waals surface area contributed by atoms with Crippen LogP contribution in [0.2, 0.25) is 5.02 Å². The lowest BCUT2D eigenvalue weighted by Gasteiger charge is -2.11. The molecule has 1 N–H and O–H groups in total. The molecule has 0 heterocycles. The Morgan fingerprint density at radius 2 is 2.12 bits per heavy atom. The van der Waals surface area contributed by atoms with E-state index < -0.39 is 5.97 Å². The molecule has 3 unspecified atom stereocenters. The van der Waals surface area contributed by atoms with Crippen LogP contribution in [0, 0.1) is 11.8 Å². The van der Waals surface area contributed by atoms with Gasteiger partial charge in [-0.3, -0.25) is 4.79 Å². The third kappa shape index (κ3) is 2.56. The minimum absolute atomic E-state index is 0.102. The summed E-state index contributed by atoms with van der Waals surface area (Å²) in [5.74, 6) is 0.0258. The number of aliphatic carboxylic acids is 1. The number of hydrogen-bond acceptors (Lipinski definition) is 1. The Morgan fingerprint density at radius 1 is 1.50 bits per heavy atom. The molecule has 0 saturated heterocycles. The maximum absolute atomic E-state index is 10.7. The van der Waals surface area contributed by atoms with Crippen molar-refractivity contribution in [2.45, 2.75) is 25.7 Å². The van der Waals surface area contributed by atoms with Gasteiger partial charge < -0.3 is 5.11 Å². The zero-order valence-corrected chi connectivity index (χ0v) is 9.95. The van der Waals surface area contributed by atoms with E-state index in [1.165, 1.54) is 5.56 Å². The second-order valence-corrected chi connectivity index (χ2v) is 5.07. The van der Waals surface area contributed by atoms with Gasteiger partial charge in [-0.1, -0.05) is 30.7 Å². The topological polar surface area (TPSA) is 37.3 Å². The molecule has 0 spiro atoms. The average Bonchev–Trinajstić information content (AvgIpc) is 2.98. The van der Waals surface area contributed by atoms with E-state index >= 15 is 0 Å². The third-order valence-corrected chi connectivity index (χ3v) is 3.59. The first kappa shape index (κ1) is 11.5. The van der Waals surface area contributed by atoms with E-state index in [0.717, 1.165) is 17.9 Å². The van der Waals surface area contributed by atoms with Crippen LogP contribution < -0.4 is 0 Å². The van der Waals surface area contributed by atoms with Gasteiger partial charge in [0.2, 0.25) is 0 Å². The van der Waals surface area contributed by atoms with Crippen molar-refractivity contribution in [1.29, 1.82) is 0 Å². The summed E-state index contributed by atoms with van der Waals surface area (Å²) < 4.78 is 0. The molecule has 0 radical (unpaired) electrons. The fourth-order valence-electron chi connectivity index (χ4n) is 2.19. The van der Waals surface area contributed by atoms with Crippen molar-refractivity contribution in [3.63, 3.8) is 0 Å². The van der Waals surface area contributed by atoms with Crippen LogP contribution in [0.25, 0.3) is 0 Å². The highest BCUT2D eigenvalue weighted by Crippen LogP contribution is 2.45. The molecule has 0 bridgehead atoms. The Labute approximate surface area is 100 Å². The lowest BCUT2D eigenvalue weighted by Crippen LogP contribution is -2.02. The lowest BCUT2D eigenvalue weighted by molar-refractivity contribution is -0.138. The Bertz CT molecular complexity index is 385. The minimum atomic E-state index is -0.645. The Morgan fingerprint density at radius 3 is 2.62 bits per heavy atom. The summed E-state index contributed by atoms with van der Waals surface area (Å²) >= 11 is 5.82. The molecule has 1 aliphatic carbocycles. The molecule has 1 aromatic rings. The van der Waals surface area contributed by atoms with Gasteiger partial charge in [-0.25, -0.2) is 0 Å². The molecule has 2 nitrogen and oxygen atoms in total. The quantitative estimate of drug-likeness (QED) is 0.871. The number of carboxylic acids is 1. The predicted octanol–water partition coefficient (Wildman–Crippen LogP) is 3.55. The van der Waals surface area contributed by atoms with Gasteiger partial charge in [0.25, 0.3) is 0 Å². The molecule has 16 heavy (non-hydrogen) atoms. The van der Waals surface area contributed by atoms with Crippen molar-refractivity contribution in [1.82, 2.24) is 0 Å². The molecule has 3 atom stereocenters. The molecular weight excluding hydrogens is 224 g/mol. The van der Waals surface area contributed by atoms with Crippen molar-refractivity contribution >= 4 is 17.6 Å². The normalized spacial score (nSPS) is 25.1. The maximum atomic E-state index is 10.7. The van der Waals surface area contributed by atoms with Crippen LogP contribution in [0.3, 0.4) is 0 Å². The van der Waals surface area contributed by atoms with Crippen LogP contribution in [0.5, 0.6) is 0 Å². The van der Waals surface area contributed by atoms with Gasteiger partial charge >= 0.3 is 5.97 Å². The summed E-state index contributed by atoms with van der Waals surface area (Å²) in [6.45, 7) is 2.14. The first-order valence-electron chi connectivity index (χ1n) is 5.56. The highest BCUT2D eigenvalue weighted by molar-refractivity contribution is 6.30. The van der Waals surface area contributed by atoms with Gasteiger partial charge in [0.1, 0.15) is 0 Å². The number of carbonyl (C=O) groups is 1. The summed E-state index contributed by atoms with van der Waals surface area (Å²) in [7, 11) is 0. The number of hydrogen-bond donors (Lipinski definition) is 1. The number of benzene rings is 1. The van der Waals surface area contributed by atoms with Crippen LogP contribution in [-0.2, 0) is 4.79 Å². The highest BCUT2D eigenvalue weighted by Gasteiger charge is 2.43. The average molecular weight is 239 g/mol. The Balaban J connectivity index is 1.92. The van der Waals surface area contributed by atoms with E-state index in [4.69, 9.17) is 16.7 Å². The van der Waals surface area contributed by atoms with E-state index in [1.54, 1.807) is 0 Å². The Kier molecular flexibility index (Phi) is 3.20. The molecule has 0 aliphatic heterocycles. The first-order chi connectivity index (χ1) is 7.58. The SMILES string of the molecule is CC(CC1CC1C(=O)O)c1ccc(Cl)cc1. The summed E-state index contributed by atoms with van der Waals surface area (Å²) in [5, 5.41) is 9.57. The van der Waals surface area contributed by atoms with Gasteiger partial charge in [0.05, 0.1) is 5.92 Å². The van der Waals surface area contributed by atoms with E-state index in [2.05, 4.69) is 6.92 Å². The second kappa shape index (κ2) is 4.46. The number of halogens is 1. The molecule has 1 aromatic carbocycles. The largest absolute Gasteiger partial charge is 0.481 e. The van der Waals surface area contributed by atoms with Gasteiger partial charge in [0.15, 0.2) is 0 Å². The molecule has 0 amide bonds. The van der Waals surface area contributed by atoms with E-state index in [9.17, 15) is 4.79 Å². The zero-order valence-electron chi connectivity index (χ0n) is 9.19. The van der Waals surface area contributed by atoms with Crippen LogP contribution in [0.15, 0.2) is 24.3 Å². The number of rotatable bonds is 4.